The Morgan fingerprint density at radius 3 is 2.53 bits per heavy atom. The number of carboxylic acid groups (broad SMARTS) is 1. The largest absolute Gasteiger partial charge is 0.478 e. The monoisotopic (exact) mass is 323 g/mol. The van der Waals surface area contributed by atoms with E-state index in [1.807, 2.05) is 0 Å². The predicted octanol–water partition coefficient (Wildman–Crippen LogP) is 1.41. The number of alkyl halides is 1. The Balaban J connectivity index is 3.29. The minimum Gasteiger partial charge on any atom is -0.478 e. The molecule has 0 heterocycles. The molecule has 5 nitrogen and oxygen atoms in total. The molecule has 17 heavy (non-hydrogen) atoms. The molecule has 0 aromatic heterocycles. The van der Waals surface area contributed by atoms with Crippen molar-refractivity contribution in [2.75, 3.05) is 11.1 Å². The number of aliphatic hydroxyl groups is 2. The quantitative estimate of drug-likeness (QED) is 0.495. The lowest BCUT2D eigenvalue weighted by atomic mass is 10.00. The first-order valence-electron chi connectivity index (χ1n) is 4.62. The van der Waals surface area contributed by atoms with Gasteiger partial charge >= 0.3 is 5.97 Å². The van der Waals surface area contributed by atoms with Gasteiger partial charge in [-0.1, -0.05) is 27.5 Å². The van der Waals surface area contributed by atoms with E-state index in [9.17, 15) is 15.0 Å². The Bertz CT molecular complexity index is 441. The molecule has 0 spiro atoms. The summed E-state index contributed by atoms with van der Waals surface area (Å²) in [5.74, 6) is -1.24. The number of nitrogens with two attached hydrogens (primary N) is 1. The van der Waals surface area contributed by atoms with Gasteiger partial charge in [0, 0.05) is 15.9 Å². The molecule has 5 N–H and O–H groups in total. The van der Waals surface area contributed by atoms with Crippen LogP contribution in [-0.4, -0.2) is 32.7 Å². The molecule has 0 saturated heterocycles. The van der Waals surface area contributed by atoms with Gasteiger partial charge in [-0.3, -0.25) is 0 Å². The normalized spacial score (nSPS) is 14.4. The fourth-order valence-corrected chi connectivity index (χ4v) is 1.93. The smallest absolute Gasteiger partial charge is 0.337 e. The molecule has 7 heteroatoms. The van der Waals surface area contributed by atoms with Crippen LogP contribution in [0.25, 0.3) is 0 Å². The van der Waals surface area contributed by atoms with Crippen molar-refractivity contribution >= 4 is 39.2 Å². The summed E-state index contributed by atoms with van der Waals surface area (Å²) in [6.45, 7) is 0. The third-order valence-electron chi connectivity index (χ3n) is 2.25. The van der Waals surface area contributed by atoms with E-state index in [-0.39, 0.29) is 27.2 Å². The summed E-state index contributed by atoms with van der Waals surface area (Å²) in [5, 5.41) is 28.4. The highest BCUT2D eigenvalue weighted by atomic mass is 79.9. The zero-order valence-corrected chi connectivity index (χ0v) is 10.9. The molecule has 0 fully saturated rings. The predicted molar refractivity (Wildman–Crippen MR) is 67.6 cm³/mol. The van der Waals surface area contributed by atoms with Crippen molar-refractivity contribution in [1.29, 1.82) is 0 Å². The first kappa shape index (κ1) is 14.2. The van der Waals surface area contributed by atoms with Crippen LogP contribution in [0.3, 0.4) is 0 Å². The molecule has 2 atom stereocenters. The number of hydrogen-bond acceptors (Lipinski definition) is 4. The number of aliphatic hydroxyl groups excluding tert-OH is 2. The van der Waals surface area contributed by atoms with Crippen LogP contribution in [-0.2, 0) is 0 Å². The van der Waals surface area contributed by atoms with E-state index in [2.05, 4.69) is 15.9 Å². The van der Waals surface area contributed by atoms with E-state index in [0.29, 0.717) is 0 Å². The molecular weight excluding hydrogens is 313 g/mol. The van der Waals surface area contributed by atoms with Crippen LogP contribution >= 0.6 is 27.5 Å². The second-order valence-corrected chi connectivity index (χ2v) is 4.51. The fourth-order valence-electron chi connectivity index (χ4n) is 1.35. The van der Waals surface area contributed by atoms with E-state index in [1.165, 1.54) is 12.1 Å². The zero-order chi connectivity index (χ0) is 13.2. The molecule has 0 bridgehead atoms. The van der Waals surface area contributed by atoms with Gasteiger partial charge in [0.2, 0.25) is 0 Å². The van der Waals surface area contributed by atoms with Gasteiger partial charge in [-0.25, -0.2) is 4.79 Å². The highest BCUT2D eigenvalue weighted by Gasteiger charge is 2.23. The Kier molecular flexibility index (Phi) is 4.76. The Labute approximate surface area is 111 Å². The number of halogens is 2. The summed E-state index contributed by atoms with van der Waals surface area (Å²) in [6, 6.07) is 2.52. The maximum atomic E-state index is 10.9. The third-order valence-corrected chi connectivity index (χ3v) is 3.13. The molecule has 94 valence electrons. The highest BCUT2D eigenvalue weighted by Crippen LogP contribution is 2.30. The van der Waals surface area contributed by atoms with Gasteiger partial charge in [0.15, 0.2) is 0 Å². The first-order valence-corrected chi connectivity index (χ1v) is 6.12. The van der Waals surface area contributed by atoms with Crippen molar-refractivity contribution in [3.63, 3.8) is 0 Å². The van der Waals surface area contributed by atoms with Crippen molar-refractivity contribution in [1.82, 2.24) is 0 Å². The molecule has 1 rings (SSSR count). The first-order chi connectivity index (χ1) is 7.88. The molecule has 0 radical (unpaired) electrons. The summed E-state index contributed by atoms with van der Waals surface area (Å²) in [6.07, 6.45) is -2.40. The van der Waals surface area contributed by atoms with Crippen LogP contribution in [0.5, 0.6) is 0 Å². The lowest BCUT2D eigenvalue weighted by Crippen LogP contribution is -2.21. The minimum atomic E-state index is -1.30. The Morgan fingerprint density at radius 2 is 2.06 bits per heavy atom. The number of benzene rings is 1. The molecule has 1 aromatic carbocycles. The summed E-state index contributed by atoms with van der Waals surface area (Å²) in [5.41, 5.74) is 5.42. The molecule has 0 amide bonds. The average Bonchev–Trinajstić information content (AvgIpc) is 2.29. The third kappa shape index (κ3) is 3.10. The highest BCUT2D eigenvalue weighted by molar-refractivity contribution is 9.09. The number of aromatic carboxylic acids is 1. The molecule has 0 saturated carbocycles. The number of rotatable bonds is 4. The lowest BCUT2D eigenvalue weighted by molar-refractivity contribution is 0.0346. The van der Waals surface area contributed by atoms with Gasteiger partial charge in [-0.2, -0.15) is 0 Å². The summed E-state index contributed by atoms with van der Waals surface area (Å²) >= 11 is 8.74. The molecule has 1 aromatic rings. The van der Waals surface area contributed by atoms with Crippen molar-refractivity contribution in [3.05, 3.63) is 28.3 Å². The molecule has 0 aliphatic rings. The standard InChI is InChI=1S/C10H11BrClNO4/c11-3-7(14)9(15)5-1-4(12)2-6(8(5)13)10(16)17/h1-2,7,9,14-15H,3,13H2,(H,16,17). The number of hydrogen-bond donors (Lipinski definition) is 4. The van der Waals surface area contributed by atoms with Crippen molar-refractivity contribution < 1.29 is 20.1 Å². The molecule has 2 unspecified atom stereocenters. The zero-order valence-electron chi connectivity index (χ0n) is 8.60. The van der Waals surface area contributed by atoms with Crippen molar-refractivity contribution in [2.45, 2.75) is 12.2 Å². The second kappa shape index (κ2) is 5.68. The van der Waals surface area contributed by atoms with Crippen LogP contribution in [0.15, 0.2) is 12.1 Å². The van der Waals surface area contributed by atoms with Gasteiger partial charge in [0.25, 0.3) is 0 Å². The summed E-state index contributed by atoms with van der Waals surface area (Å²) in [4.78, 5) is 10.9. The van der Waals surface area contributed by atoms with E-state index in [4.69, 9.17) is 22.4 Å². The van der Waals surface area contributed by atoms with E-state index < -0.39 is 18.2 Å². The second-order valence-electron chi connectivity index (χ2n) is 3.43. The number of carboxylic acids is 1. The van der Waals surface area contributed by atoms with Crippen LogP contribution in [0, 0.1) is 0 Å². The van der Waals surface area contributed by atoms with E-state index in [0.717, 1.165) is 0 Å². The maximum Gasteiger partial charge on any atom is 0.337 e. The van der Waals surface area contributed by atoms with E-state index >= 15 is 0 Å². The molecular formula is C10H11BrClNO4. The Morgan fingerprint density at radius 1 is 1.47 bits per heavy atom. The summed E-state index contributed by atoms with van der Waals surface area (Å²) in [7, 11) is 0. The topological polar surface area (TPSA) is 104 Å². The SMILES string of the molecule is Nc1c(C(=O)O)cc(Cl)cc1C(O)C(O)CBr. The van der Waals surface area contributed by atoms with Gasteiger partial charge in [-0.15, -0.1) is 0 Å². The fraction of sp³-hybridized carbons (Fsp3) is 0.300. The van der Waals surface area contributed by atoms with Crippen LogP contribution in [0.4, 0.5) is 5.69 Å². The van der Waals surface area contributed by atoms with Crippen LogP contribution < -0.4 is 5.73 Å². The lowest BCUT2D eigenvalue weighted by Gasteiger charge is -2.19. The van der Waals surface area contributed by atoms with Crippen molar-refractivity contribution in [2.24, 2.45) is 0 Å². The minimum absolute atomic E-state index is 0.0989. The van der Waals surface area contributed by atoms with Gasteiger partial charge in [0.05, 0.1) is 17.4 Å². The van der Waals surface area contributed by atoms with E-state index in [1.54, 1.807) is 0 Å². The van der Waals surface area contributed by atoms with Gasteiger partial charge in [-0.05, 0) is 12.1 Å². The van der Waals surface area contributed by atoms with Crippen LogP contribution in [0.2, 0.25) is 5.02 Å². The number of nitrogen functional groups attached to an aromatic ring is 1. The van der Waals surface area contributed by atoms with Gasteiger partial charge in [0.1, 0.15) is 6.10 Å². The summed E-state index contributed by atoms with van der Waals surface area (Å²) < 4.78 is 0. The molecule has 0 aliphatic carbocycles. The van der Waals surface area contributed by atoms with Crippen molar-refractivity contribution in [3.8, 4) is 0 Å². The number of anilines is 1. The number of carbonyl (C=O) groups is 1. The van der Waals surface area contributed by atoms with Gasteiger partial charge < -0.3 is 21.1 Å². The molecule has 0 aliphatic heterocycles. The van der Waals surface area contributed by atoms with Crippen LogP contribution in [0.1, 0.15) is 22.0 Å². The average molecular weight is 325 g/mol. The maximum absolute atomic E-state index is 10.9. The Hall–Kier alpha value is -0.820.